The average Bonchev–Trinajstić information content (AvgIpc) is 3.00. The number of benzene rings is 2. The van der Waals surface area contributed by atoms with Crippen LogP contribution in [0.5, 0.6) is 5.75 Å². The van der Waals surface area contributed by atoms with Gasteiger partial charge in [0, 0.05) is 18.4 Å². The van der Waals surface area contributed by atoms with Crippen molar-refractivity contribution in [3.8, 4) is 23.2 Å². The summed E-state index contributed by atoms with van der Waals surface area (Å²) in [5.74, 6) is 2.32. The van der Waals surface area contributed by atoms with Crippen molar-refractivity contribution in [2.45, 2.75) is 12.1 Å². The Morgan fingerprint density at radius 2 is 2.00 bits per heavy atom. The maximum Gasteiger partial charge on any atom is 0.191 e. The molecule has 0 spiro atoms. The van der Waals surface area contributed by atoms with E-state index in [9.17, 15) is 0 Å². The molecular formula is C19H18N4OS. The lowest BCUT2D eigenvalue weighted by Crippen LogP contribution is -2.02. The molecule has 0 atom stereocenters. The highest BCUT2D eigenvalue weighted by Gasteiger charge is 2.12. The van der Waals surface area contributed by atoms with Gasteiger partial charge in [0.15, 0.2) is 11.0 Å². The molecule has 1 aromatic heterocycles. The third-order valence-electron chi connectivity index (χ3n) is 3.77. The van der Waals surface area contributed by atoms with Crippen LogP contribution in [0.1, 0.15) is 11.1 Å². The van der Waals surface area contributed by atoms with Crippen LogP contribution >= 0.6 is 11.8 Å². The maximum absolute atomic E-state index is 8.90. The average molecular weight is 350 g/mol. The number of hydrogen-bond acceptors (Lipinski definition) is 5. The number of thioether (sulfide) groups is 1. The number of aryl methyl sites for hydroxylation is 1. The summed E-state index contributed by atoms with van der Waals surface area (Å²) in [4.78, 5) is 0. The molecule has 0 radical (unpaired) electrons. The Morgan fingerprint density at radius 1 is 1.16 bits per heavy atom. The van der Waals surface area contributed by atoms with Crippen LogP contribution in [-0.2, 0) is 7.05 Å². The first-order valence-electron chi connectivity index (χ1n) is 7.90. The molecule has 2 aromatic carbocycles. The van der Waals surface area contributed by atoms with Gasteiger partial charge in [0.2, 0.25) is 0 Å². The van der Waals surface area contributed by atoms with Crippen molar-refractivity contribution in [2.24, 2.45) is 7.05 Å². The van der Waals surface area contributed by atoms with Gasteiger partial charge >= 0.3 is 0 Å². The van der Waals surface area contributed by atoms with E-state index in [2.05, 4.69) is 35.3 Å². The number of rotatable bonds is 6. The normalized spacial score (nSPS) is 10.4. The summed E-state index contributed by atoms with van der Waals surface area (Å²) in [5, 5.41) is 18.4. The molecule has 126 valence electrons. The van der Waals surface area contributed by atoms with Gasteiger partial charge < -0.3 is 9.30 Å². The quantitative estimate of drug-likeness (QED) is 0.499. The second kappa shape index (κ2) is 7.86. The fourth-order valence-electron chi connectivity index (χ4n) is 2.45. The zero-order valence-electron chi connectivity index (χ0n) is 14.1. The van der Waals surface area contributed by atoms with E-state index in [4.69, 9.17) is 10.00 Å². The fraction of sp³-hybridized carbons (Fsp3) is 0.211. The van der Waals surface area contributed by atoms with Crippen molar-refractivity contribution in [1.29, 1.82) is 5.26 Å². The van der Waals surface area contributed by atoms with Crippen molar-refractivity contribution in [2.75, 3.05) is 12.4 Å². The van der Waals surface area contributed by atoms with Gasteiger partial charge in [-0.2, -0.15) is 5.26 Å². The summed E-state index contributed by atoms with van der Waals surface area (Å²) in [5.41, 5.74) is 2.87. The molecule has 0 N–H and O–H groups in total. The Balaban J connectivity index is 1.59. The van der Waals surface area contributed by atoms with Crippen LogP contribution < -0.4 is 4.74 Å². The number of nitrogens with zero attached hydrogens (tertiary/aromatic N) is 4. The molecular weight excluding hydrogens is 332 g/mol. The molecule has 0 bridgehead atoms. The predicted molar refractivity (Wildman–Crippen MR) is 98.6 cm³/mol. The second-order valence-electron chi connectivity index (χ2n) is 5.52. The predicted octanol–water partition coefficient (Wildman–Crippen LogP) is 3.83. The first-order chi connectivity index (χ1) is 12.2. The highest BCUT2D eigenvalue weighted by molar-refractivity contribution is 7.99. The van der Waals surface area contributed by atoms with E-state index in [-0.39, 0.29) is 0 Å². The highest BCUT2D eigenvalue weighted by atomic mass is 32.2. The first-order valence-corrected chi connectivity index (χ1v) is 8.89. The highest BCUT2D eigenvalue weighted by Crippen LogP contribution is 2.25. The Labute approximate surface area is 151 Å². The largest absolute Gasteiger partial charge is 0.493 e. The van der Waals surface area contributed by atoms with Gasteiger partial charge in [-0.05, 0) is 30.7 Å². The topological polar surface area (TPSA) is 63.7 Å². The summed E-state index contributed by atoms with van der Waals surface area (Å²) in [6.45, 7) is 2.60. The second-order valence-corrected chi connectivity index (χ2v) is 6.58. The van der Waals surface area contributed by atoms with Gasteiger partial charge in [0.05, 0.1) is 18.2 Å². The molecule has 5 nitrogen and oxygen atoms in total. The summed E-state index contributed by atoms with van der Waals surface area (Å²) >= 11 is 1.60. The Bertz CT molecular complexity index is 914. The standard InChI is InChI=1S/C19H18N4OS/c1-14-6-3-4-9-17(14)18-21-22-19(23(18)2)25-11-10-24-16-8-5-7-15(12-16)13-20/h3-9,12H,10-11H2,1-2H3. The van der Waals surface area contributed by atoms with Gasteiger partial charge in [-0.3, -0.25) is 0 Å². The van der Waals surface area contributed by atoms with Crippen molar-refractivity contribution in [3.05, 3.63) is 59.7 Å². The summed E-state index contributed by atoms with van der Waals surface area (Å²) in [6, 6.07) is 17.4. The van der Waals surface area contributed by atoms with Crippen LogP contribution in [0.4, 0.5) is 0 Å². The zero-order valence-corrected chi connectivity index (χ0v) is 15.0. The zero-order chi connectivity index (χ0) is 17.6. The third-order valence-corrected chi connectivity index (χ3v) is 4.75. The third kappa shape index (κ3) is 4.01. The molecule has 0 saturated heterocycles. The van der Waals surface area contributed by atoms with E-state index in [1.54, 1.807) is 23.9 Å². The minimum absolute atomic E-state index is 0.534. The summed E-state index contributed by atoms with van der Waals surface area (Å²) in [7, 11) is 1.97. The van der Waals surface area contributed by atoms with Crippen LogP contribution in [0.2, 0.25) is 0 Å². The van der Waals surface area contributed by atoms with Crippen molar-refractivity contribution >= 4 is 11.8 Å². The van der Waals surface area contributed by atoms with E-state index < -0.39 is 0 Å². The Kier molecular flexibility index (Phi) is 5.36. The van der Waals surface area contributed by atoms with Crippen LogP contribution in [0, 0.1) is 18.3 Å². The Morgan fingerprint density at radius 3 is 2.80 bits per heavy atom. The first kappa shape index (κ1) is 17.1. The van der Waals surface area contributed by atoms with Crippen LogP contribution in [-0.4, -0.2) is 27.1 Å². The molecule has 1 heterocycles. The molecule has 0 aliphatic carbocycles. The molecule has 3 rings (SSSR count). The monoisotopic (exact) mass is 350 g/mol. The molecule has 0 aliphatic heterocycles. The number of aromatic nitrogens is 3. The number of nitriles is 1. The fourth-order valence-corrected chi connectivity index (χ4v) is 3.17. The van der Waals surface area contributed by atoms with Gasteiger partial charge in [-0.25, -0.2) is 0 Å². The van der Waals surface area contributed by atoms with Gasteiger partial charge in [0.25, 0.3) is 0 Å². The molecule has 0 unspecified atom stereocenters. The van der Waals surface area contributed by atoms with Crippen molar-refractivity contribution in [3.63, 3.8) is 0 Å². The number of ether oxygens (including phenoxy) is 1. The van der Waals surface area contributed by atoms with E-state index in [0.29, 0.717) is 17.9 Å². The lowest BCUT2D eigenvalue weighted by atomic mass is 10.1. The van der Waals surface area contributed by atoms with Gasteiger partial charge in [0.1, 0.15) is 5.75 Å². The SMILES string of the molecule is Cc1ccccc1-c1nnc(SCCOc2cccc(C#N)c2)n1C. The molecule has 0 fully saturated rings. The van der Waals surface area contributed by atoms with E-state index in [1.165, 1.54) is 5.56 Å². The van der Waals surface area contributed by atoms with Crippen LogP contribution in [0.15, 0.2) is 53.7 Å². The van der Waals surface area contributed by atoms with Crippen LogP contribution in [0.25, 0.3) is 11.4 Å². The molecule has 0 saturated carbocycles. The summed E-state index contributed by atoms with van der Waals surface area (Å²) in [6.07, 6.45) is 0. The summed E-state index contributed by atoms with van der Waals surface area (Å²) < 4.78 is 7.69. The molecule has 0 amide bonds. The molecule has 25 heavy (non-hydrogen) atoms. The lowest BCUT2D eigenvalue weighted by molar-refractivity contribution is 0.343. The van der Waals surface area contributed by atoms with Crippen molar-refractivity contribution < 1.29 is 4.74 Å². The molecule has 3 aromatic rings. The number of hydrogen-bond donors (Lipinski definition) is 0. The van der Waals surface area contributed by atoms with Crippen molar-refractivity contribution in [1.82, 2.24) is 14.8 Å². The van der Waals surface area contributed by atoms with Gasteiger partial charge in [-0.15, -0.1) is 10.2 Å². The lowest BCUT2D eigenvalue weighted by Gasteiger charge is -2.07. The van der Waals surface area contributed by atoms with Gasteiger partial charge in [-0.1, -0.05) is 42.1 Å². The smallest absolute Gasteiger partial charge is 0.191 e. The van der Waals surface area contributed by atoms with E-state index >= 15 is 0 Å². The molecule has 6 heteroatoms. The Hall–Kier alpha value is -2.78. The van der Waals surface area contributed by atoms with Crippen LogP contribution in [0.3, 0.4) is 0 Å². The minimum Gasteiger partial charge on any atom is -0.493 e. The minimum atomic E-state index is 0.534. The van der Waals surface area contributed by atoms with E-state index in [1.807, 2.05) is 35.9 Å². The molecule has 0 aliphatic rings. The maximum atomic E-state index is 8.90. The van der Waals surface area contributed by atoms with E-state index in [0.717, 1.165) is 22.3 Å².